The summed E-state index contributed by atoms with van der Waals surface area (Å²) in [6, 6.07) is 6.32. The van der Waals surface area contributed by atoms with Crippen molar-refractivity contribution in [1.82, 2.24) is 4.90 Å². The molecule has 1 aromatic carbocycles. The Labute approximate surface area is 142 Å². The topological polar surface area (TPSA) is 36.3 Å². The maximum Gasteiger partial charge on any atom is 0.174 e. The molecular weight excluding hydrogens is 332 g/mol. The summed E-state index contributed by atoms with van der Waals surface area (Å²) in [7, 11) is 1.80. The van der Waals surface area contributed by atoms with Crippen LogP contribution in [0.4, 0.5) is 4.39 Å². The van der Waals surface area contributed by atoms with Crippen LogP contribution in [0.5, 0.6) is 5.75 Å². The van der Waals surface area contributed by atoms with Crippen LogP contribution in [0, 0.1) is 23.2 Å². The molecule has 1 aliphatic heterocycles. The molecule has 1 radical (unpaired) electrons. The van der Waals surface area contributed by atoms with Gasteiger partial charge < -0.3 is 9.64 Å². The normalized spacial score (nSPS) is 13.3. The minimum absolute atomic E-state index is 0. The average molecular weight is 344 g/mol. The molecule has 1 heterocycles. The Morgan fingerprint density at radius 3 is 2.90 bits per heavy atom. The third kappa shape index (κ3) is 3.56. The van der Waals surface area contributed by atoms with Gasteiger partial charge in [0.1, 0.15) is 11.8 Å². The van der Waals surface area contributed by atoms with E-state index >= 15 is 0 Å². The Balaban J connectivity index is 0.00000200. The fourth-order valence-corrected chi connectivity index (χ4v) is 1.72. The predicted octanol–water partition coefficient (Wildman–Crippen LogP) is 2.88. The molecule has 0 N–H and O–H groups in total. The van der Waals surface area contributed by atoms with E-state index in [4.69, 9.17) is 10.00 Å². The van der Waals surface area contributed by atoms with Crippen LogP contribution in [-0.2, 0) is 32.7 Å². The fraction of sp³-hybridized carbons (Fsp3) is 0.133. The number of hydrogen-bond acceptors (Lipinski definition) is 3. The number of allylic oxidation sites excluding steroid dienone is 3. The van der Waals surface area contributed by atoms with E-state index in [1.165, 1.54) is 6.07 Å². The second-order valence-corrected chi connectivity index (χ2v) is 3.97. The van der Waals surface area contributed by atoms with Crippen molar-refractivity contribution in [3.8, 4) is 11.8 Å². The van der Waals surface area contributed by atoms with Crippen LogP contribution in [-0.4, -0.2) is 18.6 Å². The molecule has 20 heavy (non-hydrogen) atoms. The van der Waals surface area contributed by atoms with Crippen molar-refractivity contribution in [2.45, 2.75) is 0 Å². The van der Waals surface area contributed by atoms with Gasteiger partial charge in [0.05, 0.1) is 5.82 Å². The van der Waals surface area contributed by atoms with Gasteiger partial charge >= 0.3 is 0 Å². The van der Waals surface area contributed by atoms with Crippen molar-refractivity contribution in [3.05, 3.63) is 60.1 Å². The molecule has 0 saturated heterocycles. The number of halogens is 1. The Kier molecular flexibility index (Phi) is 6.13. The Morgan fingerprint density at radius 2 is 2.25 bits per heavy atom. The standard InChI is InChI=1S/C15H12FN2O.Y/c1-11-4-3-5-15(18(11)2)13-7-6-12(10-14(13)16)19-9-8-17;/h3-4,6-7,10H,1,9H2,2H3;/q-1;. The molecule has 0 aliphatic carbocycles. The van der Waals surface area contributed by atoms with Gasteiger partial charge in [-0.15, -0.1) is 12.1 Å². The summed E-state index contributed by atoms with van der Waals surface area (Å²) in [6.07, 6.45) is 6.49. The maximum atomic E-state index is 14.1. The molecule has 99 valence electrons. The van der Waals surface area contributed by atoms with Gasteiger partial charge in [-0.05, 0) is 11.8 Å². The van der Waals surface area contributed by atoms with E-state index in [0.29, 0.717) is 17.0 Å². The van der Waals surface area contributed by atoms with Gasteiger partial charge in [0.15, 0.2) is 6.61 Å². The largest absolute Gasteiger partial charge is 0.479 e. The Morgan fingerprint density at radius 1 is 1.50 bits per heavy atom. The number of likely N-dealkylation sites (N-methyl/N-ethyl adjacent to an activating group) is 1. The third-order valence-electron chi connectivity index (χ3n) is 2.76. The number of ether oxygens (including phenoxy) is 1. The summed E-state index contributed by atoms with van der Waals surface area (Å²) in [4.78, 5) is 1.76. The van der Waals surface area contributed by atoms with E-state index in [1.807, 2.05) is 6.07 Å². The first-order valence-corrected chi connectivity index (χ1v) is 5.66. The molecule has 0 saturated carbocycles. The first-order chi connectivity index (χ1) is 9.13. The summed E-state index contributed by atoms with van der Waals surface area (Å²) >= 11 is 0. The molecule has 1 aromatic rings. The van der Waals surface area contributed by atoms with Gasteiger partial charge in [-0.1, -0.05) is 17.8 Å². The molecule has 5 heteroatoms. The zero-order valence-corrected chi connectivity index (χ0v) is 13.9. The summed E-state index contributed by atoms with van der Waals surface area (Å²) in [5.74, 6) is -0.0934. The second kappa shape index (κ2) is 7.37. The van der Waals surface area contributed by atoms with Gasteiger partial charge in [-0.25, -0.2) is 4.39 Å². The van der Waals surface area contributed by atoms with Crippen molar-refractivity contribution in [1.29, 1.82) is 5.26 Å². The van der Waals surface area contributed by atoms with E-state index in [0.717, 1.165) is 5.70 Å². The van der Waals surface area contributed by atoms with Crippen molar-refractivity contribution < 1.29 is 41.8 Å². The van der Waals surface area contributed by atoms with E-state index in [9.17, 15) is 4.39 Å². The predicted molar refractivity (Wildman–Crippen MR) is 70.2 cm³/mol. The van der Waals surface area contributed by atoms with Gasteiger partial charge in [0, 0.05) is 45.8 Å². The summed E-state index contributed by atoms with van der Waals surface area (Å²) in [5.41, 5.74) is 1.78. The van der Waals surface area contributed by atoms with E-state index in [2.05, 4.69) is 12.7 Å². The summed E-state index contributed by atoms with van der Waals surface area (Å²) < 4.78 is 19.1. The number of nitriles is 1. The molecule has 3 nitrogen and oxygen atoms in total. The number of rotatable bonds is 3. The number of benzene rings is 1. The minimum Gasteiger partial charge on any atom is -0.479 e. The smallest absolute Gasteiger partial charge is 0.174 e. The van der Waals surface area contributed by atoms with Crippen molar-refractivity contribution in [2.75, 3.05) is 13.7 Å². The van der Waals surface area contributed by atoms with Crippen molar-refractivity contribution in [3.63, 3.8) is 0 Å². The maximum absolute atomic E-state index is 14.1. The Bertz CT molecular complexity index is 617. The van der Waals surface area contributed by atoms with Gasteiger partial charge in [-0.2, -0.15) is 17.4 Å². The summed E-state index contributed by atoms with van der Waals surface area (Å²) in [5, 5.41) is 8.41. The van der Waals surface area contributed by atoms with Gasteiger partial charge in [-0.3, -0.25) is 0 Å². The quantitative estimate of drug-likeness (QED) is 0.792. The molecule has 0 aromatic heterocycles. The van der Waals surface area contributed by atoms with Crippen molar-refractivity contribution >= 4 is 5.70 Å². The first-order valence-electron chi connectivity index (χ1n) is 5.66. The van der Waals surface area contributed by atoms with Crippen LogP contribution in [0.1, 0.15) is 5.56 Å². The molecular formula is C15H12FN2OY-. The molecule has 1 aliphatic rings. The monoisotopic (exact) mass is 344 g/mol. The van der Waals surface area contributed by atoms with Crippen LogP contribution in [0.15, 0.2) is 42.6 Å². The molecule has 0 fully saturated rings. The van der Waals surface area contributed by atoms with Gasteiger partial charge in [0.25, 0.3) is 0 Å². The molecule has 0 atom stereocenters. The van der Waals surface area contributed by atoms with Crippen LogP contribution in [0.25, 0.3) is 5.70 Å². The zero-order chi connectivity index (χ0) is 13.8. The number of nitrogens with zero attached hydrogens (tertiary/aromatic N) is 2. The first kappa shape index (κ1) is 16.6. The Hall–Kier alpha value is -1.44. The van der Waals surface area contributed by atoms with Crippen LogP contribution < -0.4 is 4.74 Å². The minimum atomic E-state index is -0.423. The third-order valence-corrected chi connectivity index (χ3v) is 2.76. The zero-order valence-electron chi connectivity index (χ0n) is 11.1. The molecule has 2 rings (SSSR count). The second-order valence-electron chi connectivity index (χ2n) is 3.97. The molecule has 0 unspecified atom stereocenters. The van der Waals surface area contributed by atoms with E-state index in [-0.39, 0.29) is 39.3 Å². The SMILES string of the molecule is C=C1C=C[C-]=C(c2ccc(OCC#N)cc2F)N1C.[Y]. The van der Waals surface area contributed by atoms with Crippen LogP contribution in [0.2, 0.25) is 0 Å². The van der Waals surface area contributed by atoms with Crippen LogP contribution in [0.3, 0.4) is 0 Å². The molecule has 0 spiro atoms. The van der Waals surface area contributed by atoms with Crippen molar-refractivity contribution in [2.24, 2.45) is 0 Å². The molecule has 0 amide bonds. The fourth-order valence-electron chi connectivity index (χ4n) is 1.72. The number of hydrogen-bond donors (Lipinski definition) is 0. The van der Waals surface area contributed by atoms with Crippen LogP contribution >= 0.6 is 0 Å². The average Bonchev–Trinajstić information content (AvgIpc) is 2.40. The van der Waals surface area contributed by atoms with Gasteiger partial charge in [0.2, 0.25) is 0 Å². The van der Waals surface area contributed by atoms with E-state index < -0.39 is 5.82 Å². The van der Waals surface area contributed by atoms with E-state index in [1.54, 1.807) is 36.2 Å². The molecule has 0 bridgehead atoms. The summed E-state index contributed by atoms with van der Waals surface area (Å²) in [6.45, 7) is 3.75.